The number of ether oxygens (including phenoxy) is 2. The number of piperidine rings is 1. The molecule has 1 aromatic rings. The van der Waals surface area contributed by atoms with Gasteiger partial charge in [0.15, 0.2) is 0 Å². The van der Waals surface area contributed by atoms with Crippen molar-refractivity contribution >= 4 is 5.91 Å². The van der Waals surface area contributed by atoms with Crippen LogP contribution in [-0.4, -0.2) is 83.1 Å². The van der Waals surface area contributed by atoms with E-state index in [9.17, 15) is 4.79 Å². The van der Waals surface area contributed by atoms with Crippen LogP contribution in [0.15, 0.2) is 0 Å². The third-order valence-electron chi connectivity index (χ3n) is 5.18. The van der Waals surface area contributed by atoms with E-state index in [0.29, 0.717) is 13.2 Å². The molecule has 0 radical (unpaired) electrons. The van der Waals surface area contributed by atoms with Crippen molar-refractivity contribution < 1.29 is 14.3 Å². The Labute approximate surface area is 155 Å². The van der Waals surface area contributed by atoms with Gasteiger partial charge in [0, 0.05) is 45.8 Å². The lowest BCUT2D eigenvalue weighted by molar-refractivity contribution is -0.137. The van der Waals surface area contributed by atoms with Crippen molar-refractivity contribution in [3.8, 4) is 0 Å². The number of hydrogen-bond acceptors (Lipinski definition) is 6. The molecule has 1 amide bonds. The number of rotatable bonds is 7. The summed E-state index contributed by atoms with van der Waals surface area (Å²) in [5, 5.41) is 8.88. The largest absolute Gasteiger partial charge is 0.379 e. The zero-order chi connectivity index (χ0) is 18.4. The van der Waals surface area contributed by atoms with Crippen LogP contribution in [0.5, 0.6) is 0 Å². The average Bonchev–Trinajstić information content (AvgIpc) is 3.03. The fourth-order valence-corrected chi connectivity index (χ4v) is 3.64. The van der Waals surface area contributed by atoms with Crippen LogP contribution >= 0.6 is 0 Å². The molecule has 0 N–H and O–H groups in total. The molecule has 0 aromatic carbocycles. The molecular weight excluding hydrogens is 334 g/mol. The van der Waals surface area contributed by atoms with Gasteiger partial charge in [0.1, 0.15) is 18.3 Å². The van der Waals surface area contributed by atoms with E-state index in [1.807, 2.05) is 18.9 Å². The molecule has 8 nitrogen and oxygen atoms in total. The quantitative estimate of drug-likeness (QED) is 0.665. The van der Waals surface area contributed by atoms with Gasteiger partial charge in [-0.3, -0.25) is 9.69 Å². The predicted octanol–water partition coefficient (Wildman–Crippen LogP) is 0.780. The Morgan fingerprint density at radius 3 is 2.85 bits per heavy atom. The van der Waals surface area contributed by atoms with Crippen molar-refractivity contribution in [1.82, 2.24) is 24.6 Å². The summed E-state index contributed by atoms with van der Waals surface area (Å²) in [6, 6.07) is 0. The van der Waals surface area contributed by atoms with E-state index in [0.717, 1.165) is 70.3 Å². The lowest BCUT2D eigenvalue weighted by atomic mass is 9.97. The zero-order valence-corrected chi connectivity index (χ0v) is 16.0. The fourth-order valence-electron chi connectivity index (χ4n) is 3.64. The summed E-state index contributed by atoms with van der Waals surface area (Å²) in [6.45, 7) is 8.61. The third-order valence-corrected chi connectivity index (χ3v) is 5.18. The molecule has 146 valence electrons. The first-order chi connectivity index (χ1) is 12.7. The molecule has 2 aliphatic heterocycles. The third kappa shape index (κ3) is 4.81. The average molecular weight is 365 g/mol. The van der Waals surface area contributed by atoms with E-state index in [-0.39, 0.29) is 18.4 Å². The highest BCUT2D eigenvalue weighted by atomic mass is 16.5. The second-order valence-corrected chi connectivity index (χ2v) is 7.15. The molecule has 0 saturated carbocycles. The lowest BCUT2D eigenvalue weighted by Crippen LogP contribution is -2.41. The normalized spacial score (nSPS) is 21.9. The van der Waals surface area contributed by atoms with E-state index in [2.05, 4.69) is 19.7 Å². The highest BCUT2D eigenvalue weighted by molar-refractivity contribution is 5.77. The molecule has 0 spiro atoms. The van der Waals surface area contributed by atoms with Gasteiger partial charge >= 0.3 is 0 Å². The summed E-state index contributed by atoms with van der Waals surface area (Å²) in [7, 11) is 2.04. The molecule has 26 heavy (non-hydrogen) atoms. The number of carbonyl (C=O) groups excluding carboxylic acids is 1. The summed E-state index contributed by atoms with van der Waals surface area (Å²) in [5.74, 6) is 2.30. The number of morpholine rings is 1. The summed E-state index contributed by atoms with van der Waals surface area (Å²) in [5.41, 5.74) is 0. The second kappa shape index (κ2) is 9.43. The summed E-state index contributed by atoms with van der Waals surface area (Å²) in [4.78, 5) is 16.6. The first kappa shape index (κ1) is 19.3. The predicted molar refractivity (Wildman–Crippen MR) is 96.8 cm³/mol. The minimum Gasteiger partial charge on any atom is -0.379 e. The molecule has 3 rings (SSSR count). The lowest BCUT2D eigenvalue weighted by Gasteiger charge is -2.32. The number of likely N-dealkylation sites (tertiary alicyclic amines) is 1. The molecule has 2 saturated heterocycles. The van der Waals surface area contributed by atoms with Crippen LogP contribution in [0.4, 0.5) is 0 Å². The number of aromatic nitrogens is 3. The van der Waals surface area contributed by atoms with Gasteiger partial charge in [-0.1, -0.05) is 6.92 Å². The molecule has 0 aliphatic carbocycles. The van der Waals surface area contributed by atoms with E-state index >= 15 is 0 Å². The van der Waals surface area contributed by atoms with Crippen LogP contribution in [0.25, 0.3) is 0 Å². The van der Waals surface area contributed by atoms with Crippen molar-refractivity contribution in [3.63, 3.8) is 0 Å². The minimum atomic E-state index is 0.0823. The molecule has 2 fully saturated rings. The fraction of sp³-hybridized carbons (Fsp3) is 0.833. The van der Waals surface area contributed by atoms with Gasteiger partial charge in [0.2, 0.25) is 5.91 Å². The highest BCUT2D eigenvalue weighted by Crippen LogP contribution is 2.26. The second-order valence-electron chi connectivity index (χ2n) is 7.15. The van der Waals surface area contributed by atoms with Crippen molar-refractivity contribution in [2.24, 2.45) is 7.05 Å². The molecule has 0 bridgehead atoms. The Bertz CT molecular complexity index is 585. The van der Waals surface area contributed by atoms with E-state index in [1.165, 1.54) is 0 Å². The minimum absolute atomic E-state index is 0.0823. The smallest absolute Gasteiger partial charge is 0.248 e. The number of nitrogens with zero attached hydrogens (tertiary/aromatic N) is 5. The zero-order valence-electron chi connectivity index (χ0n) is 16.0. The van der Waals surface area contributed by atoms with E-state index < -0.39 is 0 Å². The molecule has 2 aliphatic rings. The van der Waals surface area contributed by atoms with Crippen LogP contribution in [0.1, 0.15) is 43.8 Å². The molecular formula is C18H31N5O3. The van der Waals surface area contributed by atoms with Crippen LogP contribution in [0.2, 0.25) is 0 Å². The summed E-state index contributed by atoms with van der Waals surface area (Å²) >= 11 is 0. The standard InChI is InChI=1S/C18H31N5O3/c1-3-9-26-14-17(24)23-6-4-5-15(12-23)18-20-19-16(21(18)2)13-22-7-10-25-11-8-22/h15H,3-14H2,1-2H3. The van der Waals surface area contributed by atoms with Crippen LogP contribution < -0.4 is 0 Å². The topological polar surface area (TPSA) is 72.7 Å². The van der Waals surface area contributed by atoms with E-state index in [4.69, 9.17) is 9.47 Å². The maximum absolute atomic E-state index is 12.3. The van der Waals surface area contributed by atoms with Crippen molar-refractivity contribution in [3.05, 3.63) is 11.6 Å². The van der Waals surface area contributed by atoms with Crippen LogP contribution in [0, 0.1) is 0 Å². The van der Waals surface area contributed by atoms with Gasteiger partial charge in [-0.05, 0) is 19.3 Å². The Balaban J connectivity index is 1.58. The maximum Gasteiger partial charge on any atom is 0.248 e. The number of hydrogen-bond donors (Lipinski definition) is 0. The maximum atomic E-state index is 12.3. The van der Waals surface area contributed by atoms with Gasteiger partial charge in [0.25, 0.3) is 0 Å². The Morgan fingerprint density at radius 1 is 1.27 bits per heavy atom. The number of amides is 1. The monoisotopic (exact) mass is 365 g/mol. The molecule has 1 atom stereocenters. The van der Waals surface area contributed by atoms with Gasteiger partial charge < -0.3 is 18.9 Å². The van der Waals surface area contributed by atoms with Crippen LogP contribution in [0.3, 0.4) is 0 Å². The molecule has 8 heteroatoms. The SMILES string of the molecule is CCCOCC(=O)N1CCCC(c2nnc(CN3CCOCC3)n2C)C1. The van der Waals surface area contributed by atoms with E-state index in [1.54, 1.807) is 0 Å². The summed E-state index contributed by atoms with van der Waals surface area (Å²) in [6.07, 6.45) is 2.97. The number of carbonyl (C=O) groups is 1. The highest BCUT2D eigenvalue weighted by Gasteiger charge is 2.28. The van der Waals surface area contributed by atoms with Crippen molar-refractivity contribution in [2.45, 2.75) is 38.6 Å². The Kier molecular flexibility index (Phi) is 6.99. The van der Waals surface area contributed by atoms with Crippen molar-refractivity contribution in [2.75, 3.05) is 52.6 Å². The summed E-state index contributed by atoms with van der Waals surface area (Å²) < 4.78 is 12.9. The van der Waals surface area contributed by atoms with Gasteiger partial charge in [-0.15, -0.1) is 10.2 Å². The van der Waals surface area contributed by atoms with Crippen LogP contribution in [-0.2, 0) is 27.9 Å². The van der Waals surface area contributed by atoms with Gasteiger partial charge in [-0.25, -0.2) is 0 Å². The first-order valence-corrected chi connectivity index (χ1v) is 9.72. The van der Waals surface area contributed by atoms with Gasteiger partial charge in [-0.2, -0.15) is 0 Å². The molecule has 1 unspecified atom stereocenters. The Hall–Kier alpha value is -1.51. The van der Waals surface area contributed by atoms with Gasteiger partial charge in [0.05, 0.1) is 19.8 Å². The van der Waals surface area contributed by atoms with Crippen molar-refractivity contribution in [1.29, 1.82) is 0 Å². The Morgan fingerprint density at radius 2 is 2.08 bits per heavy atom. The molecule has 1 aromatic heterocycles. The first-order valence-electron chi connectivity index (χ1n) is 9.72. The molecule has 3 heterocycles.